The maximum atomic E-state index is 9.27. The second-order valence-corrected chi connectivity index (χ2v) is 6.36. The van der Waals surface area contributed by atoms with Crippen LogP contribution in [0.4, 0.5) is 0 Å². The van der Waals surface area contributed by atoms with Crippen molar-refractivity contribution in [1.82, 2.24) is 0 Å². The molecule has 0 spiro atoms. The first-order valence-corrected chi connectivity index (χ1v) is 7.59. The Morgan fingerprint density at radius 3 is 1.92 bits per heavy atom. The van der Waals surface area contributed by atoms with Gasteiger partial charge < -0.3 is 29.9 Å². The van der Waals surface area contributed by atoms with Crippen molar-refractivity contribution in [3.63, 3.8) is 0 Å². The molecular weight excluding hydrogens is 387 g/mol. The van der Waals surface area contributed by atoms with Crippen LogP contribution in [0.2, 0.25) is 0 Å². The molecule has 0 saturated carbocycles. The summed E-state index contributed by atoms with van der Waals surface area (Å²) in [7, 11) is 0. The smallest absolute Gasteiger partial charge is 0.116 e. The Kier molecular flexibility index (Phi) is 13.0. The molecule has 134 valence electrons. The van der Waals surface area contributed by atoms with E-state index in [1.54, 1.807) is 12.1 Å². The number of halogens is 2. The quantitative estimate of drug-likeness (QED) is 0.510. The minimum atomic E-state index is 0. The third kappa shape index (κ3) is 8.78. The summed E-state index contributed by atoms with van der Waals surface area (Å²) < 4.78 is 0. The summed E-state index contributed by atoms with van der Waals surface area (Å²) in [5, 5.41) is 9.27. The second-order valence-electron chi connectivity index (χ2n) is 6.36. The van der Waals surface area contributed by atoms with Crippen LogP contribution in [0.25, 0.3) is 11.1 Å². The molecule has 0 saturated heterocycles. The summed E-state index contributed by atoms with van der Waals surface area (Å²) in [6.07, 6.45) is 8.63. The van der Waals surface area contributed by atoms with Crippen LogP contribution in [-0.4, -0.2) is 5.11 Å². The van der Waals surface area contributed by atoms with Crippen LogP contribution < -0.4 is 24.8 Å². The topological polar surface area (TPSA) is 20.2 Å². The van der Waals surface area contributed by atoms with Crippen molar-refractivity contribution in [2.24, 2.45) is 5.41 Å². The van der Waals surface area contributed by atoms with Crippen molar-refractivity contribution in [1.29, 1.82) is 0 Å². The minimum absolute atomic E-state index is 0. The van der Waals surface area contributed by atoms with Gasteiger partial charge in [0.25, 0.3) is 0 Å². The van der Waals surface area contributed by atoms with Gasteiger partial charge >= 0.3 is 0 Å². The van der Waals surface area contributed by atoms with E-state index < -0.39 is 0 Å². The van der Waals surface area contributed by atoms with E-state index >= 15 is 0 Å². The van der Waals surface area contributed by atoms with Gasteiger partial charge in [-0.1, -0.05) is 63.2 Å². The standard InChI is InChI=1S/C12H10O.C9H13.2ClH.Ti/c13-12-8-4-7-11(9-12)10-5-2-1-3-6-10;1-9(2,3)8-6-4-5-7-8;;;/h1-9,13H;4,6H,5H2,1-3H3;2*1H;/q;-1;;;/p-2. The third-order valence-electron chi connectivity index (χ3n) is 3.46. The van der Waals surface area contributed by atoms with Gasteiger partial charge in [-0.3, -0.25) is 6.08 Å². The van der Waals surface area contributed by atoms with Crippen molar-refractivity contribution < 1.29 is 51.6 Å². The molecule has 0 bridgehead atoms. The number of hydrogen-bond acceptors (Lipinski definition) is 1. The van der Waals surface area contributed by atoms with Gasteiger partial charge in [0, 0.05) is 21.7 Å². The molecule has 4 heteroatoms. The van der Waals surface area contributed by atoms with Crippen LogP contribution in [0.15, 0.2) is 72.3 Å². The zero-order chi connectivity index (χ0) is 16.0. The van der Waals surface area contributed by atoms with Crippen molar-refractivity contribution in [3.8, 4) is 16.9 Å². The normalized spacial score (nSPS) is 11.7. The van der Waals surface area contributed by atoms with Gasteiger partial charge in [0.2, 0.25) is 0 Å². The summed E-state index contributed by atoms with van der Waals surface area (Å²) in [5.74, 6) is 0.307. The van der Waals surface area contributed by atoms with Crippen LogP contribution >= 0.6 is 0 Å². The number of aromatic hydroxyl groups is 1. The first-order valence-electron chi connectivity index (χ1n) is 7.59. The van der Waals surface area contributed by atoms with Crippen molar-refractivity contribution in [2.75, 3.05) is 0 Å². The Morgan fingerprint density at radius 2 is 1.48 bits per heavy atom. The average molecular weight is 410 g/mol. The fraction of sp³-hybridized carbons (Fsp3) is 0.238. The van der Waals surface area contributed by atoms with Crippen LogP contribution in [0.5, 0.6) is 5.75 Å². The first-order chi connectivity index (χ1) is 10.5. The predicted octanol–water partition coefficient (Wildman–Crippen LogP) is -0.213. The van der Waals surface area contributed by atoms with Crippen LogP contribution in [0.3, 0.4) is 0 Å². The first kappa shape index (κ1) is 26.2. The summed E-state index contributed by atoms with van der Waals surface area (Å²) in [4.78, 5) is 0. The van der Waals surface area contributed by atoms with E-state index in [9.17, 15) is 5.11 Å². The van der Waals surface area contributed by atoms with Crippen molar-refractivity contribution >= 4 is 0 Å². The molecule has 0 unspecified atom stereocenters. The van der Waals surface area contributed by atoms with Crippen LogP contribution in [0, 0.1) is 11.5 Å². The zero-order valence-corrected chi connectivity index (χ0v) is 17.8. The largest absolute Gasteiger partial charge is 1.00 e. The molecule has 1 N–H and O–H groups in total. The number of benzene rings is 2. The van der Waals surface area contributed by atoms with E-state index in [0.717, 1.165) is 17.5 Å². The molecule has 0 fully saturated rings. The number of allylic oxidation sites excluding steroid dienone is 4. The van der Waals surface area contributed by atoms with Gasteiger partial charge in [-0.15, -0.1) is 6.42 Å². The van der Waals surface area contributed by atoms with Crippen molar-refractivity contribution in [3.05, 3.63) is 78.4 Å². The number of rotatable bonds is 1. The third-order valence-corrected chi connectivity index (χ3v) is 3.46. The summed E-state index contributed by atoms with van der Waals surface area (Å²) in [5.41, 5.74) is 3.81. The van der Waals surface area contributed by atoms with Crippen molar-refractivity contribution in [2.45, 2.75) is 27.2 Å². The monoisotopic (exact) mass is 409 g/mol. The Morgan fingerprint density at radius 1 is 0.880 bits per heavy atom. The molecule has 2 aromatic rings. The number of phenols is 1. The predicted molar refractivity (Wildman–Crippen MR) is 93.5 cm³/mol. The van der Waals surface area contributed by atoms with E-state index in [-0.39, 0.29) is 46.5 Å². The number of hydrogen-bond donors (Lipinski definition) is 1. The van der Waals surface area contributed by atoms with Crippen LogP contribution in [0.1, 0.15) is 27.2 Å². The molecular formula is C21H23Cl2OTi-3. The fourth-order valence-electron chi connectivity index (χ4n) is 2.24. The molecule has 0 aliphatic heterocycles. The maximum absolute atomic E-state index is 9.27. The Balaban J connectivity index is 0. The van der Waals surface area contributed by atoms with E-state index in [4.69, 9.17) is 0 Å². The van der Waals surface area contributed by atoms with E-state index in [1.165, 1.54) is 5.57 Å². The fourth-order valence-corrected chi connectivity index (χ4v) is 2.24. The van der Waals surface area contributed by atoms with Gasteiger partial charge in [-0.25, -0.2) is 11.6 Å². The maximum Gasteiger partial charge on any atom is 0.116 e. The Bertz CT molecular complexity index is 674. The second kappa shape index (κ2) is 12.4. The molecule has 0 atom stereocenters. The van der Waals surface area contributed by atoms with E-state index in [0.29, 0.717) is 11.2 Å². The summed E-state index contributed by atoms with van der Waals surface area (Å²) in [6.45, 7) is 6.64. The molecule has 3 rings (SSSR count). The Labute approximate surface area is 179 Å². The van der Waals surface area contributed by atoms with Gasteiger partial charge in [0.15, 0.2) is 0 Å². The molecule has 1 aliphatic rings. The van der Waals surface area contributed by atoms with Gasteiger partial charge in [0.1, 0.15) is 5.75 Å². The molecule has 0 heterocycles. The minimum Gasteiger partial charge on any atom is -1.00 e. The molecule has 2 aromatic carbocycles. The van der Waals surface area contributed by atoms with E-state index in [1.807, 2.05) is 42.5 Å². The van der Waals surface area contributed by atoms with E-state index in [2.05, 4.69) is 39.0 Å². The summed E-state index contributed by atoms with van der Waals surface area (Å²) >= 11 is 0. The molecule has 0 aromatic heterocycles. The number of phenolic OH excluding ortho intramolecular Hbond substituents is 1. The summed E-state index contributed by atoms with van der Waals surface area (Å²) in [6, 6.07) is 17.3. The van der Waals surface area contributed by atoms with Gasteiger partial charge in [-0.2, -0.15) is 6.08 Å². The molecule has 25 heavy (non-hydrogen) atoms. The average Bonchev–Trinajstić information content (AvgIpc) is 3.03. The van der Waals surface area contributed by atoms with Gasteiger partial charge in [-0.05, 0) is 28.7 Å². The molecule has 1 nitrogen and oxygen atoms in total. The zero-order valence-electron chi connectivity index (χ0n) is 14.8. The molecule has 0 radical (unpaired) electrons. The Hall–Kier alpha value is -0.986. The van der Waals surface area contributed by atoms with Crippen LogP contribution in [-0.2, 0) is 21.7 Å². The molecule has 0 amide bonds. The van der Waals surface area contributed by atoms with Gasteiger partial charge in [0.05, 0.1) is 0 Å². The SMILES string of the molecule is CC(C)(C)C1=[C-]CC=C1.Oc1cccc(-c2ccccc2)c1.[Cl-].[Cl-].[Ti]. The molecule has 1 aliphatic carbocycles.